The van der Waals surface area contributed by atoms with E-state index in [0.29, 0.717) is 12.2 Å². The number of rotatable bonds is 6. The summed E-state index contributed by atoms with van der Waals surface area (Å²) in [4.78, 5) is 22.4. The largest absolute Gasteiger partial charge is 0.341 e. The molecule has 1 aliphatic rings. The van der Waals surface area contributed by atoms with Gasteiger partial charge in [-0.25, -0.2) is 23.1 Å². The van der Waals surface area contributed by atoms with Crippen LogP contribution in [0.15, 0.2) is 35.2 Å². The lowest BCUT2D eigenvalue weighted by Gasteiger charge is -2.32. The third-order valence-corrected chi connectivity index (χ3v) is 6.35. The Kier molecular flexibility index (Phi) is 6.49. The van der Waals surface area contributed by atoms with E-state index >= 15 is 0 Å². The lowest BCUT2D eigenvalue weighted by Crippen LogP contribution is -2.39. The Balaban J connectivity index is 1.53. The topological polar surface area (TPSA) is 104 Å². The number of anilines is 2. The van der Waals surface area contributed by atoms with Crippen molar-refractivity contribution in [2.24, 2.45) is 5.92 Å². The van der Waals surface area contributed by atoms with Crippen molar-refractivity contribution in [3.63, 3.8) is 0 Å². The molecule has 1 aromatic heterocycles. The quantitative estimate of drug-likeness (QED) is 0.747. The average molecular weight is 418 g/mol. The van der Waals surface area contributed by atoms with E-state index in [1.807, 2.05) is 19.9 Å². The van der Waals surface area contributed by atoms with Crippen LogP contribution in [-0.4, -0.2) is 43.9 Å². The third-order valence-electron chi connectivity index (χ3n) is 4.91. The highest BCUT2D eigenvalue weighted by Crippen LogP contribution is 2.22. The average Bonchev–Trinajstić information content (AvgIpc) is 2.66. The summed E-state index contributed by atoms with van der Waals surface area (Å²) in [5.41, 5.74) is 2.47. The van der Waals surface area contributed by atoms with Gasteiger partial charge in [0.15, 0.2) is 0 Å². The Bertz CT molecular complexity index is 948. The summed E-state index contributed by atoms with van der Waals surface area (Å²) in [7, 11) is -3.58. The second-order valence-corrected chi connectivity index (χ2v) is 9.21. The van der Waals surface area contributed by atoms with Gasteiger partial charge in [0.1, 0.15) is 0 Å². The van der Waals surface area contributed by atoms with Gasteiger partial charge in [0.2, 0.25) is 21.9 Å². The minimum atomic E-state index is -3.58. The third kappa shape index (κ3) is 5.74. The number of sulfonamides is 1. The van der Waals surface area contributed by atoms with Crippen LogP contribution in [-0.2, 0) is 14.8 Å². The molecule has 8 nitrogen and oxygen atoms in total. The van der Waals surface area contributed by atoms with Gasteiger partial charge in [-0.05, 0) is 62.9 Å². The Labute approximate surface area is 171 Å². The normalized spacial score (nSPS) is 15.3. The molecule has 0 radical (unpaired) electrons. The SMILES string of the molecule is CC(=O)Nc1ccc(S(=O)(=O)NCC2CCN(c3nc(C)cc(C)n3)CC2)cc1. The number of nitrogens with one attached hydrogen (secondary N) is 2. The number of piperidine rings is 1. The van der Waals surface area contributed by atoms with E-state index in [4.69, 9.17) is 0 Å². The number of aryl methyl sites for hydroxylation is 2. The van der Waals surface area contributed by atoms with Crippen molar-refractivity contribution in [1.82, 2.24) is 14.7 Å². The standard InChI is InChI=1S/C20H27N5O3S/c1-14-12-15(2)23-20(22-14)25-10-8-17(9-11-25)13-21-29(27,28)19-6-4-18(5-7-19)24-16(3)26/h4-7,12,17,21H,8-11,13H2,1-3H3,(H,24,26). The number of hydrogen-bond donors (Lipinski definition) is 2. The Hall–Kier alpha value is -2.52. The molecule has 0 saturated carbocycles. The van der Waals surface area contributed by atoms with Gasteiger partial charge >= 0.3 is 0 Å². The van der Waals surface area contributed by atoms with Crippen LogP contribution in [0.2, 0.25) is 0 Å². The van der Waals surface area contributed by atoms with Crippen molar-refractivity contribution in [3.05, 3.63) is 41.7 Å². The predicted molar refractivity (Wildman–Crippen MR) is 112 cm³/mol. The molecule has 1 aliphatic heterocycles. The minimum Gasteiger partial charge on any atom is -0.341 e. The zero-order valence-corrected chi connectivity index (χ0v) is 17.8. The molecule has 0 aliphatic carbocycles. The molecule has 1 aromatic carbocycles. The van der Waals surface area contributed by atoms with E-state index in [-0.39, 0.29) is 16.7 Å². The van der Waals surface area contributed by atoms with Crippen LogP contribution in [0, 0.1) is 19.8 Å². The summed E-state index contributed by atoms with van der Waals surface area (Å²) in [6.07, 6.45) is 1.75. The molecule has 0 spiro atoms. The molecule has 0 atom stereocenters. The summed E-state index contributed by atoms with van der Waals surface area (Å²) in [5.74, 6) is 0.822. The predicted octanol–water partition coefficient (Wildman–Crippen LogP) is 2.25. The first-order valence-electron chi connectivity index (χ1n) is 9.67. The second-order valence-electron chi connectivity index (χ2n) is 7.44. The molecule has 3 rings (SSSR count). The van der Waals surface area contributed by atoms with Gasteiger partial charge in [0.05, 0.1) is 4.90 Å². The molecule has 0 unspecified atom stereocenters. The van der Waals surface area contributed by atoms with Gasteiger partial charge in [-0.2, -0.15) is 0 Å². The maximum atomic E-state index is 12.5. The summed E-state index contributed by atoms with van der Waals surface area (Å²) < 4.78 is 27.8. The molecule has 1 fully saturated rings. The summed E-state index contributed by atoms with van der Waals surface area (Å²) >= 11 is 0. The molecule has 0 bridgehead atoms. The minimum absolute atomic E-state index is 0.188. The Morgan fingerprint density at radius 3 is 2.24 bits per heavy atom. The molecule has 1 amide bonds. The number of nitrogens with zero attached hydrogens (tertiary/aromatic N) is 3. The fourth-order valence-corrected chi connectivity index (χ4v) is 4.53. The zero-order valence-electron chi connectivity index (χ0n) is 17.0. The number of carbonyl (C=O) groups is 1. The van der Waals surface area contributed by atoms with Gasteiger partial charge in [-0.1, -0.05) is 0 Å². The molecule has 2 aromatic rings. The molecule has 2 heterocycles. The van der Waals surface area contributed by atoms with E-state index in [1.165, 1.54) is 19.1 Å². The first-order valence-corrected chi connectivity index (χ1v) is 11.2. The highest BCUT2D eigenvalue weighted by Gasteiger charge is 2.23. The van der Waals surface area contributed by atoms with Crippen LogP contribution in [0.25, 0.3) is 0 Å². The van der Waals surface area contributed by atoms with Gasteiger partial charge in [0, 0.05) is 43.6 Å². The first kappa shape index (κ1) is 21.2. The zero-order chi connectivity index (χ0) is 21.0. The van der Waals surface area contributed by atoms with Crippen molar-refractivity contribution >= 4 is 27.6 Å². The maximum absolute atomic E-state index is 12.5. The number of amides is 1. The van der Waals surface area contributed by atoms with E-state index in [1.54, 1.807) is 12.1 Å². The van der Waals surface area contributed by atoms with Gasteiger partial charge in [0.25, 0.3) is 0 Å². The molecular weight excluding hydrogens is 390 g/mol. The van der Waals surface area contributed by atoms with Crippen LogP contribution >= 0.6 is 0 Å². The van der Waals surface area contributed by atoms with Crippen molar-refractivity contribution in [2.45, 2.75) is 38.5 Å². The lowest BCUT2D eigenvalue weighted by atomic mass is 9.97. The Morgan fingerprint density at radius 1 is 1.10 bits per heavy atom. The molecule has 29 heavy (non-hydrogen) atoms. The summed E-state index contributed by atoms with van der Waals surface area (Å²) in [5, 5.41) is 2.62. The number of benzene rings is 1. The number of hydrogen-bond acceptors (Lipinski definition) is 6. The van der Waals surface area contributed by atoms with Gasteiger partial charge in [-0.3, -0.25) is 4.79 Å². The summed E-state index contributed by atoms with van der Waals surface area (Å²) in [6.45, 7) is 7.34. The van der Waals surface area contributed by atoms with E-state index in [2.05, 4.69) is 24.9 Å². The van der Waals surface area contributed by atoms with Crippen molar-refractivity contribution in [3.8, 4) is 0 Å². The molecule has 1 saturated heterocycles. The molecular formula is C20H27N5O3S. The number of carbonyl (C=O) groups excluding carboxylic acids is 1. The van der Waals surface area contributed by atoms with Gasteiger partial charge < -0.3 is 10.2 Å². The first-order chi connectivity index (χ1) is 13.7. The summed E-state index contributed by atoms with van der Waals surface area (Å²) in [6, 6.07) is 8.10. The van der Waals surface area contributed by atoms with Crippen LogP contribution < -0.4 is 14.9 Å². The molecule has 156 valence electrons. The van der Waals surface area contributed by atoms with Crippen LogP contribution in [0.3, 0.4) is 0 Å². The smallest absolute Gasteiger partial charge is 0.240 e. The van der Waals surface area contributed by atoms with E-state index < -0.39 is 10.0 Å². The van der Waals surface area contributed by atoms with Crippen molar-refractivity contribution < 1.29 is 13.2 Å². The number of aromatic nitrogens is 2. The van der Waals surface area contributed by atoms with Crippen LogP contribution in [0.5, 0.6) is 0 Å². The van der Waals surface area contributed by atoms with Crippen molar-refractivity contribution in [1.29, 1.82) is 0 Å². The molecule has 2 N–H and O–H groups in total. The maximum Gasteiger partial charge on any atom is 0.240 e. The fourth-order valence-electron chi connectivity index (χ4n) is 3.42. The van der Waals surface area contributed by atoms with E-state index in [0.717, 1.165) is 43.3 Å². The van der Waals surface area contributed by atoms with Crippen LogP contribution in [0.4, 0.5) is 11.6 Å². The molecule has 9 heteroatoms. The highest BCUT2D eigenvalue weighted by atomic mass is 32.2. The van der Waals surface area contributed by atoms with Crippen LogP contribution in [0.1, 0.15) is 31.2 Å². The lowest BCUT2D eigenvalue weighted by molar-refractivity contribution is -0.114. The van der Waals surface area contributed by atoms with E-state index in [9.17, 15) is 13.2 Å². The monoisotopic (exact) mass is 417 g/mol. The Morgan fingerprint density at radius 2 is 1.69 bits per heavy atom. The second kappa shape index (κ2) is 8.87. The highest BCUT2D eigenvalue weighted by molar-refractivity contribution is 7.89. The van der Waals surface area contributed by atoms with Gasteiger partial charge in [-0.15, -0.1) is 0 Å². The van der Waals surface area contributed by atoms with Crippen molar-refractivity contribution in [2.75, 3.05) is 29.9 Å². The fraction of sp³-hybridized carbons (Fsp3) is 0.450.